The first-order valence-corrected chi connectivity index (χ1v) is 10.7. The van der Waals surface area contributed by atoms with Crippen LogP contribution in [0.2, 0.25) is 0 Å². The number of rotatable bonds is 7. The van der Waals surface area contributed by atoms with E-state index in [0.717, 1.165) is 16.7 Å². The van der Waals surface area contributed by atoms with E-state index < -0.39 is 16.5 Å². The molecule has 152 valence electrons. The predicted octanol–water partition coefficient (Wildman–Crippen LogP) is 5.49. The molecule has 0 amide bonds. The van der Waals surface area contributed by atoms with Crippen LogP contribution < -0.4 is 0 Å². The maximum atomic E-state index is 14.9. The van der Waals surface area contributed by atoms with E-state index in [1.165, 1.54) is 0 Å². The maximum absolute atomic E-state index is 14.9. The molecule has 4 rings (SSSR count). The number of hydrogen-bond acceptors (Lipinski definition) is 2. The van der Waals surface area contributed by atoms with E-state index in [1.54, 1.807) is 12.5 Å². The van der Waals surface area contributed by atoms with Crippen molar-refractivity contribution in [3.63, 3.8) is 0 Å². The lowest BCUT2D eigenvalue weighted by atomic mass is 9.77. The van der Waals surface area contributed by atoms with Crippen LogP contribution in [0.5, 0.6) is 0 Å². The van der Waals surface area contributed by atoms with Crippen LogP contribution in [0.25, 0.3) is 0 Å². The fourth-order valence-corrected chi connectivity index (χ4v) is 4.20. The Hall–Kier alpha value is -2.76. The molecular weight excluding hydrogens is 443 g/mol. The Labute approximate surface area is 184 Å². The maximum Gasteiger partial charge on any atom is 0.158 e. The lowest BCUT2D eigenvalue weighted by molar-refractivity contribution is 0.231. The van der Waals surface area contributed by atoms with Crippen molar-refractivity contribution in [1.29, 1.82) is 0 Å². The van der Waals surface area contributed by atoms with E-state index in [2.05, 4.69) is 57.3 Å². The zero-order valence-corrected chi connectivity index (χ0v) is 17.9. The summed E-state index contributed by atoms with van der Waals surface area (Å²) in [4.78, 5) is 3.67. The molecule has 5 heteroatoms. The summed E-state index contributed by atoms with van der Waals surface area (Å²) in [5.41, 5.74) is 2.67. The van der Waals surface area contributed by atoms with Crippen molar-refractivity contribution in [2.24, 2.45) is 0 Å². The van der Waals surface area contributed by atoms with Gasteiger partial charge in [0.1, 0.15) is 5.54 Å². The molecule has 0 saturated carbocycles. The van der Waals surface area contributed by atoms with Gasteiger partial charge in [-0.3, -0.25) is 0 Å². The molecule has 0 spiro atoms. The van der Waals surface area contributed by atoms with Crippen LogP contribution in [0.15, 0.2) is 104 Å². The summed E-state index contributed by atoms with van der Waals surface area (Å²) in [6.45, 7) is -0.310. The second-order valence-electron chi connectivity index (χ2n) is 7.11. The van der Waals surface area contributed by atoms with Crippen LogP contribution in [0, 0.1) is 0 Å². The predicted molar refractivity (Wildman–Crippen MR) is 120 cm³/mol. The highest BCUT2D eigenvalue weighted by atomic mass is 79.9. The fraction of sp³-hybridized carbons (Fsp3) is 0.160. The van der Waals surface area contributed by atoms with Crippen molar-refractivity contribution in [1.82, 2.24) is 9.55 Å². The van der Waals surface area contributed by atoms with Gasteiger partial charge in [0, 0.05) is 6.20 Å². The van der Waals surface area contributed by atoms with Crippen LogP contribution in [0.3, 0.4) is 0 Å². The van der Waals surface area contributed by atoms with Crippen molar-refractivity contribution in [2.75, 3.05) is 6.61 Å². The van der Waals surface area contributed by atoms with Crippen LogP contribution in [-0.2, 0) is 5.54 Å². The molecule has 0 aliphatic rings. The molecule has 4 aromatic rings. The molecule has 0 unspecified atom stereocenters. The SMILES string of the molecule is OC[C@@H](Br)[C@@H](F)c1cn(C(c2ccccc2)(c2ccccc2)c2ccccc2)cn1. The van der Waals surface area contributed by atoms with Gasteiger partial charge in [0.05, 0.1) is 23.5 Å². The normalized spacial score (nSPS) is 13.7. The molecule has 3 nitrogen and oxygen atoms in total. The third-order valence-electron chi connectivity index (χ3n) is 5.34. The number of hydrogen-bond donors (Lipinski definition) is 1. The van der Waals surface area contributed by atoms with Gasteiger partial charge in [0.25, 0.3) is 0 Å². The average molecular weight is 465 g/mol. The lowest BCUT2D eigenvalue weighted by Crippen LogP contribution is -2.37. The third-order valence-corrected chi connectivity index (χ3v) is 6.09. The number of nitrogens with zero attached hydrogens (tertiary/aromatic N) is 2. The van der Waals surface area contributed by atoms with E-state index in [1.807, 2.05) is 59.2 Å². The highest BCUT2D eigenvalue weighted by Crippen LogP contribution is 2.41. The Morgan fingerprint density at radius 1 is 0.833 bits per heavy atom. The number of aliphatic hydroxyl groups is 1. The van der Waals surface area contributed by atoms with Gasteiger partial charge in [-0.1, -0.05) is 107 Å². The molecule has 0 radical (unpaired) electrons. The highest BCUT2D eigenvalue weighted by Gasteiger charge is 2.39. The van der Waals surface area contributed by atoms with Gasteiger partial charge in [0.2, 0.25) is 0 Å². The Morgan fingerprint density at radius 3 is 1.67 bits per heavy atom. The molecule has 1 aromatic heterocycles. The fourth-order valence-electron chi connectivity index (χ4n) is 3.93. The van der Waals surface area contributed by atoms with Crippen molar-refractivity contribution < 1.29 is 9.50 Å². The van der Waals surface area contributed by atoms with Crippen molar-refractivity contribution >= 4 is 15.9 Å². The van der Waals surface area contributed by atoms with E-state index in [0.29, 0.717) is 0 Å². The zero-order chi connectivity index (χ0) is 21.0. The average Bonchev–Trinajstić information content (AvgIpc) is 3.31. The van der Waals surface area contributed by atoms with E-state index in [-0.39, 0.29) is 12.3 Å². The first-order valence-electron chi connectivity index (χ1n) is 9.78. The molecule has 2 atom stereocenters. The van der Waals surface area contributed by atoms with Gasteiger partial charge in [-0.2, -0.15) is 0 Å². The summed E-state index contributed by atoms with van der Waals surface area (Å²) in [6, 6.07) is 30.4. The monoisotopic (exact) mass is 464 g/mol. The largest absolute Gasteiger partial charge is 0.395 e. The molecule has 1 N–H and O–H groups in total. The van der Waals surface area contributed by atoms with Crippen LogP contribution >= 0.6 is 15.9 Å². The van der Waals surface area contributed by atoms with Gasteiger partial charge in [-0.05, 0) is 16.7 Å². The molecule has 0 aliphatic heterocycles. The summed E-state index contributed by atoms with van der Waals surface area (Å²) < 4.78 is 16.8. The molecule has 1 heterocycles. The Morgan fingerprint density at radius 2 is 1.27 bits per heavy atom. The minimum atomic E-state index is -1.42. The minimum absolute atomic E-state index is 0.276. The zero-order valence-electron chi connectivity index (χ0n) is 16.3. The molecule has 0 saturated heterocycles. The van der Waals surface area contributed by atoms with E-state index in [4.69, 9.17) is 0 Å². The molecule has 0 bridgehead atoms. The van der Waals surface area contributed by atoms with Crippen LogP contribution in [0.4, 0.5) is 4.39 Å². The standard InChI is InChI=1S/C25H22BrFN2O/c26-22(17-30)24(27)23-16-29(18-28-23)25(19-10-4-1-5-11-19,20-12-6-2-7-13-20)21-14-8-3-9-15-21/h1-16,18,22,24,30H,17H2/t22-,24-/m1/s1. The van der Waals surface area contributed by atoms with E-state index in [9.17, 15) is 9.50 Å². The number of benzene rings is 3. The smallest absolute Gasteiger partial charge is 0.158 e. The highest BCUT2D eigenvalue weighted by molar-refractivity contribution is 9.09. The second kappa shape index (κ2) is 8.94. The topological polar surface area (TPSA) is 38.0 Å². The molecule has 0 aliphatic carbocycles. The van der Waals surface area contributed by atoms with Crippen LogP contribution in [-0.4, -0.2) is 26.1 Å². The quantitative estimate of drug-likeness (QED) is 0.290. The Balaban J connectivity index is 2.00. The molecule has 3 aromatic carbocycles. The van der Waals surface area contributed by atoms with Crippen molar-refractivity contribution in [3.05, 3.63) is 126 Å². The number of aromatic nitrogens is 2. The second-order valence-corrected chi connectivity index (χ2v) is 8.29. The minimum Gasteiger partial charge on any atom is -0.395 e. The number of imidazole rings is 1. The molecule has 30 heavy (non-hydrogen) atoms. The Kier molecular flexibility index (Phi) is 6.11. The van der Waals surface area contributed by atoms with Gasteiger partial charge in [-0.25, -0.2) is 9.37 Å². The van der Waals surface area contributed by atoms with Crippen molar-refractivity contribution in [2.45, 2.75) is 16.5 Å². The van der Waals surface area contributed by atoms with Gasteiger partial charge in [0.15, 0.2) is 6.17 Å². The number of alkyl halides is 2. The summed E-state index contributed by atoms with van der Waals surface area (Å²) in [5.74, 6) is 0. The van der Waals surface area contributed by atoms with Gasteiger partial charge >= 0.3 is 0 Å². The van der Waals surface area contributed by atoms with Gasteiger partial charge in [-0.15, -0.1) is 0 Å². The number of aliphatic hydroxyl groups excluding tert-OH is 1. The lowest BCUT2D eigenvalue weighted by Gasteiger charge is -2.37. The molecular formula is C25H22BrFN2O. The number of halogens is 2. The van der Waals surface area contributed by atoms with E-state index >= 15 is 0 Å². The third kappa shape index (κ3) is 3.59. The Bertz CT molecular complexity index is 973. The summed E-state index contributed by atoms with van der Waals surface area (Å²) in [6.07, 6.45) is 1.99. The summed E-state index contributed by atoms with van der Waals surface area (Å²) >= 11 is 3.20. The molecule has 0 fully saturated rings. The summed E-state index contributed by atoms with van der Waals surface area (Å²) in [5, 5.41) is 9.35. The summed E-state index contributed by atoms with van der Waals surface area (Å²) in [7, 11) is 0. The van der Waals surface area contributed by atoms with Crippen LogP contribution in [0.1, 0.15) is 28.6 Å². The van der Waals surface area contributed by atoms with Gasteiger partial charge < -0.3 is 9.67 Å². The first kappa shape index (κ1) is 20.5. The first-order chi connectivity index (χ1) is 14.7. The van der Waals surface area contributed by atoms with Crippen molar-refractivity contribution in [3.8, 4) is 0 Å².